The van der Waals surface area contributed by atoms with E-state index in [-0.39, 0.29) is 25.0 Å². The van der Waals surface area contributed by atoms with Crippen molar-refractivity contribution in [3.8, 4) is 0 Å². The predicted octanol–water partition coefficient (Wildman–Crippen LogP) is 2.18. The van der Waals surface area contributed by atoms with Crippen LogP contribution < -0.4 is 5.32 Å². The van der Waals surface area contributed by atoms with Crippen LogP contribution in [0.15, 0.2) is 54.6 Å². The second kappa shape index (κ2) is 7.14. The van der Waals surface area contributed by atoms with Gasteiger partial charge < -0.3 is 15.5 Å². The second-order valence-electron chi connectivity index (χ2n) is 4.62. The van der Waals surface area contributed by atoms with E-state index in [2.05, 4.69) is 5.32 Å². The van der Waals surface area contributed by atoms with Crippen LogP contribution in [0.25, 0.3) is 0 Å². The Bertz CT molecular complexity index is 516. The molecule has 0 radical (unpaired) electrons. The SMILES string of the molecule is OCC(NCC(O)c1ccc(F)cc1)c1ccccc1. The highest BCUT2D eigenvalue weighted by molar-refractivity contribution is 5.20. The molecule has 2 aromatic rings. The van der Waals surface area contributed by atoms with Crippen molar-refractivity contribution < 1.29 is 14.6 Å². The molecule has 0 aliphatic carbocycles. The van der Waals surface area contributed by atoms with Gasteiger partial charge in [0.15, 0.2) is 0 Å². The van der Waals surface area contributed by atoms with Crippen molar-refractivity contribution in [2.45, 2.75) is 12.1 Å². The van der Waals surface area contributed by atoms with Crippen LogP contribution >= 0.6 is 0 Å². The van der Waals surface area contributed by atoms with Gasteiger partial charge in [-0.3, -0.25) is 0 Å². The molecular formula is C16H18FNO2. The first-order chi connectivity index (χ1) is 9.70. The van der Waals surface area contributed by atoms with Gasteiger partial charge in [0.1, 0.15) is 5.82 Å². The summed E-state index contributed by atoms with van der Waals surface area (Å²) in [6.45, 7) is 0.228. The second-order valence-corrected chi connectivity index (χ2v) is 4.62. The largest absolute Gasteiger partial charge is 0.394 e. The standard InChI is InChI=1S/C16H18FNO2/c17-14-8-6-13(7-9-14)16(20)10-18-15(11-19)12-4-2-1-3-5-12/h1-9,15-16,18-20H,10-11H2. The van der Waals surface area contributed by atoms with Crippen LogP contribution in [-0.4, -0.2) is 23.4 Å². The van der Waals surface area contributed by atoms with E-state index in [1.165, 1.54) is 12.1 Å². The van der Waals surface area contributed by atoms with Crippen molar-refractivity contribution in [2.75, 3.05) is 13.2 Å². The number of aliphatic hydroxyl groups excluding tert-OH is 2. The van der Waals surface area contributed by atoms with Gasteiger partial charge in [-0.1, -0.05) is 42.5 Å². The van der Waals surface area contributed by atoms with E-state index in [1.807, 2.05) is 30.3 Å². The molecule has 20 heavy (non-hydrogen) atoms. The van der Waals surface area contributed by atoms with Crippen molar-refractivity contribution in [1.29, 1.82) is 0 Å². The van der Waals surface area contributed by atoms with E-state index >= 15 is 0 Å². The minimum absolute atomic E-state index is 0.0554. The smallest absolute Gasteiger partial charge is 0.123 e. The van der Waals surface area contributed by atoms with E-state index < -0.39 is 6.10 Å². The van der Waals surface area contributed by atoms with E-state index in [0.29, 0.717) is 5.56 Å². The lowest BCUT2D eigenvalue weighted by Gasteiger charge is -2.19. The molecule has 0 heterocycles. The summed E-state index contributed by atoms with van der Waals surface area (Å²) >= 11 is 0. The molecule has 0 fully saturated rings. The van der Waals surface area contributed by atoms with Crippen molar-refractivity contribution in [1.82, 2.24) is 5.32 Å². The molecule has 2 atom stereocenters. The van der Waals surface area contributed by atoms with Gasteiger partial charge in [-0.25, -0.2) is 4.39 Å². The summed E-state index contributed by atoms with van der Waals surface area (Å²) in [6, 6.07) is 15.1. The van der Waals surface area contributed by atoms with Crippen molar-refractivity contribution >= 4 is 0 Å². The summed E-state index contributed by atoms with van der Waals surface area (Å²) in [5.74, 6) is -0.327. The number of halogens is 1. The Kier molecular flexibility index (Phi) is 5.24. The molecule has 2 unspecified atom stereocenters. The topological polar surface area (TPSA) is 52.5 Å². The number of nitrogens with one attached hydrogen (secondary N) is 1. The first-order valence-electron chi connectivity index (χ1n) is 6.53. The lowest BCUT2D eigenvalue weighted by molar-refractivity contribution is 0.159. The van der Waals surface area contributed by atoms with Crippen molar-refractivity contribution in [3.63, 3.8) is 0 Å². The molecule has 0 saturated heterocycles. The highest BCUT2D eigenvalue weighted by Gasteiger charge is 2.13. The molecule has 2 aromatic carbocycles. The average Bonchev–Trinajstić information content (AvgIpc) is 2.49. The summed E-state index contributed by atoms with van der Waals surface area (Å²) in [6.07, 6.45) is -0.742. The summed E-state index contributed by atoms with van der Waals surface area (Å²) in [5.41, 5.74) is 1.60. The van der Waals surface area contributed by atoms with Gasteiger partial charge in [0.25, 0.3) is 0 Å². The van der Waals surface area contributed by atoms with Crippen LogP contribution in [-0.2, 0) is 0 Å². The highest BCUT2D eigenvalue weighted by Crippen LogP contribution is 2.16. The van der Waals surface area contributed by atoms with Gasteiger partial charge >= 0.3 is 0 Å². The Morgan fingerprint density at radius 2 is 1.60 bits per heavy atom. The van der Waals surface area contributed by atoms with Crippen LogP contribution in [0.2, 0.25) is 0 Å². The number of hydrogen-bond acceptors (Lipinski definition) is 3. The number of aliphatic hydroxyl groups is 2. The fraction of sp³-hybridized carbons (Fsp3) is 0.250. The molecule has 3 N–H and O–H groups in total. The van der Waals surface area contributed by atoms with E-state index in [9.17, 15) is 14.6 Å². The molecule has 106 valence electrons. The maximum atomic E-state index is 12.8. The summed E-state index contributed by atoms with van der Waals surface area (Å²) in [7, 11) is 0. The molecule has 3 nitrogen and oxygen atoms in total. The molecule has 0 amide bonds. The maximum Gasteiger partial charge on any atom is 0.123 e. The zero-order chi connectivity index (χ0) is 14.4. The van der Waals surface area contributed by atoms with Crippen molar-refractivity contribution in [3.05, 3.63) is 71.5 Å². The van der Waals surface area contributed by atoms with Gasteiger partial charge in [-0.05, 0) is 23.3 Å². The van der Waals surface area contributed by atoms with Crippen molar-refractivity contribution in [2.24, 2.45) is 0 Å². The van der Waals surface area contributed by atoms with Crippen LogP contribution in [0.1, 0.15) is 23.3 Å². The molecule has 0 aliphatic heterocycles. The summed E-state index contributed by atoms with van der Waals surface area (Å²) < 4.78 is 12.8. The van der Waals surface area contributed by atoms with Crippen LogP contribution in [0.4, 0.5) is 4.39 Å². The van der Waals surface area contributed by atoms with Gasteiger partial charge in [-0.15, -0.1) is 0 Å². The normalized spacial score (nSPS) is 13.9. The lowest BCUT2D eigenvalue weighted by Crippen LogP contribution is -2.28. The zero-order valence-corrected chi connectivity index (χ0v) is 11.0. The molecule has 4 heteroatoms. The minimum atomic E-state index is -0.742. The number of rotatable bonds is 6. The zero-order valence-electron chi connectivity index (χ0n) is 11.0. The Morgan fingerprint density at radius 3 is 2.20 bits per heavy atom. The monoisotopic (exact) mass is 275 g/mol. The average molecular weight is 275 g/mol. The van der Waals surface area contributed by atoms with Crippen LogP contribution in [0.5, 0.6) is 0 Å². The Labute approximate surface area is 117 Å². The number of hydrogen-bond donors (Lipinski definition) is 3. The number of benzene rings is 2. The third kappa shape index (κ3) is 3.87. The lowest BCUT2D eigenvalue weighted by atomic mass is 10.1. The Balaban J connectivity index is 1.94. The maximum absolute atomic E-state index is 12.8. The minimum Gasteiger partial charge on any atom is -0.394 e. The molecule has 0 saturated carbocycles. The van der Waals surface area contributed by atoms with Crippen LogP contribution in [0, 0.1) is 5.82 Å². The van der Waals surface area contributed by atoms with Gasteiger partial charge in [0.05, 0.1) is 18.8 Å². The van der Waals surface area contributed by atoms with Gasteiger partial charge in [0.2, 0.25) is 0 Å². The first kappa shape index (κ1) is 14.7. The molecule has 2 rings (SSSR count). The predicted molar refractivity (Wildman–Crippen MR) is 75.6 cm³/mol. The van der Waals surface area contributed by atoms with Crippen LogP contribution in [0.3, 0.4) is 0 Å². The van der Waals surface area contributed by atoms with Gasteiger partial charge in [-0.2, -0.15) is 0 Å². The third-order valence-corrected chi connectivity index (χ3v) is 3.20. The van der Waals surface area contributed by atoms with E-state index in [4.69, 9.17) is 0 Å². The Hall–Kier alpha value is -1.75. The molecule has 0 bridgehead atoms. The molecule has 0 aromatic heterocycles. The summed E-state index contributed by atoms with van der Waals surface area (Å²) in [5, 5.41) is 22.5. The van der Waals surface area contributed by atoms with Gasteiger partial charge in [0, 0.05) is 6.54 Å². The van der Waals surface area contributed by atoms with E-state index in [0.717, 1.165) is 5.56 Å². The molecular weight excluding hydrogens is 257 g/mol. The molecule has 0 aliphatic rings. The Morgan fingerprint density at radius 1 is 0.950 bits per heavy atom. The quantitative estimate of drug-likeness (QED) is 0.757. The summed E-state index contributed by atoms with van der Waals surface area (Å²) in [4.78, 5) is 0. The fourth-order valence-corrected chi connectivity index (χ4v) is 2.03. The van der Waals surface area contributed by atoms with E-state index in [1.54, 1.807) is 12.1 Å². The first-order valence-corrected chi connectivity index (χ1v) is 6.53. The highest BCUT2D eigenvalue weighted by atomic mass is 19.1. The third-order valence-electron chi connectivity index (χ3n) is 3.20. The fourth-order valence-electron chi connectivity index (χ4n) is 2.03. The molecule has 0 spiro atoms.